The van der Waals surface area contributed by atoms with Crippen molar-refractivity contribution in [1.29, 1.82) is 0 Å². The molecule has 1 saturated heterocycles. The van der Waals surface area contributed by atoms with Gasteiger partial charge in [-0.25, -0.2) is 0 Å². The highest BCUT2D eigenvalue weighted by atomic mass is 15.3. The third-order valence-corrected chi connectivity index (χ3v) is 3.70. The van der Waals surface area contributed by atoms with Crippen molar-refractivity contribution < 1.29 is 0 Å². The third kappa shape index (κ3) is 3.56. The second-order valence-electron chi connectivity index (χ2n) is 5.60. The molecule has 102 valence electrons. The summed E-state index contributed by atoms with van der Waals surface area (Å²) in [4.78, 5) is 2.57. The van der Waals surface area contributed by atoms with Crippen LogP contribution in [0.25, 0.3) is 0 Å². The van der Waals surface area contributed by atoms with Crippen molar-refractivity contribution in [2.45, 2.75) is 52.2 Å². The molecule has 1 aliphatic heterocycles. The minimum absolute atomic E-state index is 0.447. The maximum Gasteiger partial charge on any atom is 0.0762 e. The summed E-state index contributed by atoms with van der Waals surface area (Å²) in [6.07, 6.45) is 4.79. The zero-order chi connectivity index (χ0) is 13.0. The lowest BCUT2D eigenvalue weighted by Gasteiger charge is -2.23. The summed E-state index contributed by atoms with van der Waals surface area (Å²) in [5.74, 6) is 0. The van der Waals surface area contributed by atoms with E-state index in [9.17, 15) is 0 Å². The van der Waals surface area contributed by atoms with E-state index in [-0.39, 0.29) is 0 Å². The number of nitrogens with one attached hydrogen (secondary N) is 1. The highest BCUT2D eigenvalue weighted by molar-refractivity contribution is 4.99. The zero-order valence-corrected chi connectivity index (χ0v) is 11.9. The molecule has 18 heavy (non-hydrogen) atoms. The molecule has 1 aliphatic rings. The molecule has 1 aromatic heterocycles. The standard InChI is InChI=1S/C14H26N4/c1-12(2)18-9-6-14(16-18)11-15-10-13(3)17-7-4-5-8-17/h6,9,12-13,15H,4-5,7-8,10-11H2,1-3H3. The van der Waals surface area contributed by atoms with E-state index in [1.807, 2.05) is 4.68 Å². The first-order valence-corrected chi connectivity index (χ1v) is 7.15. The van der Waals surface area contributed by atoms with Crippen molar-refractivity contribution in [2.75, 3.05) is 19.6 Å². The first kappa shape index (κ1) is 13.6. The van der Waals surface area contributed by atoms with Crippen molar-refractivity contribution >= 4 is 0 Å². The monoisotopic (exact) mass is 250 g/mol. The van der Waals surface area contributed by atoms with Gasteiger partial charge in [-0.3, -0.25) is 9.58 Å². The quantitative estimate of drug-likeness (QED) is 0.838. The summed E-state index contributed by atoms with van der Waals surface area (Å²) in [5.41, 5.74) is 1.14. The normalized spacial score (nSPS) is 18.7. The second-order valence-corrected chi connectivity index (χ2v) is 5.60. The molecule has 0 amide bonds. The molecule has 0 bridgehead atoms. The average molecular weight is 250 g/mol. The molecule has 0 radical (unpaired) electrons. The minimum atomic E-state index is 0.447. The van der Waals surface area contributed by atoms with Crippen molar-refractivity contribution in [3.63, 3.8) is 0 Å². The highest BCUT2D eigenvalue weighted by Gasteiger charge is 2.17. The summed E-state index contributed by atoms with van der Waals surface area (Å²) >= 11 is 0. The van der Waals surface area contributed by atoms with Gasteiger partial charge < -0.3 is 5.32 Å². The van der Waals surface area contributed by atoms with E-state index in [4.69, 9.17) is 0 Å². The van der Waals surface area contributed by atoms with Gasteiger partial charge in [-0.05, 0) is 52.8 Å². The van der Waals surface area contributed by atoms with Gasteiger partial charge in [-0.15, -0.1) is 0 Å². The van der Waals surface area contributed by atoms with Crippen LogP contribution < -0.4 is 5.32 Å². The fourth-order valence-electron chi connectivity index (χ4n) is 2.48. The third-order valence-electron chi connectivity index (χ3n) is 3.70. The number of nitrogens with zero attached hydrogens (tertiary/aromatic N) is 3. The van der Waals surface area contributed by atoms with Crippen LogP contribution in [0.4, 0.5) is 0 Å². The zero-order valence-electron chi connectivity index (χ0n) is 11.9. The molecule has 1 atom stereocenters. The van der Waals surface area contributed by atoms with Crippen LogP contribution in [0.15, 0.2) is 12.3 Å². The van der Waals surface area contributed by atoms with Crippen LogP contribution >= 0.6 is 0 Å². The smallest absolute Gasteiger partial charge is 0.0762 e. The molecule has 1 fully saturated rings. The Labute approximate surface area is 110 Å². The van der Waals surface area contributed by atoms with Gasteiger partial charge in [0.2, 0.25) is 0 Å². The second kappa shape index (κ2) is 6.34. The molecule has 0 aromatic carbocycles. The lowest BCUT2D eigenvalue weighted by Crippen LogP contribution is -2.38. The molecule has 2 rings (SSSR count). The van der Waals surface area contributed by atoms with Crippen molar-refractivity contribution in [1.82, 2.24) is 20.0 Å². The van der Waals surface area contributed by atoms with Gasteiger partial charge in [0.1, 0.15) is 0 Å². The fraction of sp³-hybridized carbons (Fsp3) is 0.786. The average Bonchev–Trinajstić information content (AvgIpc) is 3.00. The molecule has 1 aromatic rings. The number of likely N-dealkylation sites (tertiary alicyclic amines) is 1. The van der Waals surface area contributed by atoms with Gasteiger partial charge in [-0.2, -0.15) is 5.10 Å². The molecular formula is C14H26N4. The summed E-state index contributed by atoms with van der Waals surface area (Å²) in [7, 11) is 0. The van der Waals surface area contributed by atoms with E-state index in [1.165, 1.54) is 25.9 Å². The topological polar surface area (TPSA) is 33.1 Å². The Kier molecular flexibility index (Phi) is 4.78. The van der Waals surface area contributed by atoms with E-state index >= 15 is 0 Å². The number of rotatable bonds is 6. The van der Waals surface area contributed by atoms with E-state index in [0.717, 1.165) is 18.8 Å². The van der Waals surface area contributed by atoms with E-state index in [2.05, 4.69) is 48.3 Å². The number of hydrogen-bond acceptors (Lipinski definition) is 3. The maximum absolute atomic E-state index is 4.54. The van der Waals surface area contributed by atoms with E-state index in [0.29, 0.717) is 12.1 Å². The molecular weight excluding hydrogens is 224 g/mol. The Bertz CT molecular complexity index is 352. The van der Waals surface area contributed by atoms with Gasteiger partial charge in [-0.1, -0.05) is 0 Å². The first-order chi connectivity index (χ1) is 8.66. The van der Waals surface area contributed by atoms with Gasteiger partial charge >= 0.3 is 0 Å². The van der Waals surface area contributed by atoms with Gasteiger partial charge in [0.25, 0.3) is 0 Å². The lowest BCUT2D eigenvalue weighted by molar-refractivity contribution is 0.251. The lowest BCUT2D eigenvalue weighted by atomic mass is 10.3. The minimum Gasteiger partial charge on any atom is -0.310 e. The number of hydrogen-bond donors (Lipinski definition) is 1. The Morgan fingerprint density at radius 3 is 2.61 bits per heavy atom. The maximum atomic E-state index is 4.54. The fourth-order valence-corrected chi connectivity index (χ4v) is 2.48. The predicted molar refractivity (Wildman–Crippen MR) is 74.6 cm³/mol. The first-order valence-electron chi connectivity index (χ1n) is 7.15. The summed E-state index contributed by atoms with van der Waals surface area (Å²) in [6, 6.07) is 3.19. The van der Waals surface area contributed by atoms with Crippen molar-refractivity contribution in [3.8, 4) is 0 Å². The summed E-state index contributed by atoms with van der Waals surface area (Å²) < 4.78 is 2.01. The molecule has 4 nitrogen and oxygen atoms in total. The largest absolute Gasteiger partial charge is 0.310 e. The van der Waals surface area contributed by atoms with Crippen LogP contribution in [-0.2, 0) is 6.54 Å². The van der Waals surface area contributed by atoms with Gasteiger partial charge in [0, 0.05) is 31.4 Å². The van der Waals surface area contributed by atoms with Crippen LogP contribution in [-0.4, -0.2) is 40.4 Å². The van der Waals surface area contributed by atoms with Gasteiger partial charge in [0.05, 0.1) is 5.69 Å². The Hall–Kier alpha value is -0.870. The molecule has 0 saturated carbocycles. The number of aromatic nitrogens is 2. The molecule has 4 heteroatoms. The van der Waals surface area contributed by atoms with Crippen LogP contribution in [0, 0.1) is 0 Å². The Morgan fingerprint density at radius 1 is 1.28 bits per heavy atom. The predicted octanol–water partition coefficient (Wildman–Crippen LogP) is 2.04. The van der Waals surface area contributed by atoms with Crippen molar-refractivity contribution in [2.24, 2.45) is 0 Å². The SMILES string of the molecule is CC(CNCc1ccn(C(C)C)n1)N1CCCC1. The molecule has 0 spiro atoms. The van der Waals surface area contributed by atoms with Crippen molar-refractivity contribution in [3.05, 3.63) is 18.0 Å². The van der Waals surface area contributed by atoms with Gasteiger partial charge in [0.15, 0.2) is 0 Å². The highest BCUT2D eigenvalue weighted by Crippen LogP contribution is 2.11. The molecule has 2 heterocycles. The Morgan fingerprint density at radius 2 is 2.00 bits per heavy atom. The molecule has 1 unspecified atom stereocenters. The summed E-state index contributed by atoms with van der Waals surface area (Å²) in [5, 5.41) is 8.06. The van der Waals surface area contributed by atoms with Crippen LogP contribution in [0.1, 0.15) is 45.3 Å². The van der Waals surface area contributed by atoms with Crippen LogP contribution in [0.5, 0.6) is 0 Å². The molecule has 1 N–H and O–H groups in total. The van der Waals surface area contributed by atoms with Crippen LogP contribution in [0.3, 0.4) is 0 Å². The van der Waals surface area contributed by atoms with E-state index in [1.54, 1.807) is 0 Å². The molecule has 0 aliphatic carbocycles. The van der Waals surface area contributed by atoms with E-state index < -0.39 is 0 Å². The van der Waals surface area contributed by atoms with Crippen LogP contribution in [0.2, 0.25) is 0 Å². The Balaban J connectivity index is 1.70. The summed E-state index contributed by atoms with van der Waals surface area (Å²) in [6.45, 7) is 11.1.